The first-order valence-electron chi connectivity index (χ1n) is 7.56. The molecule has 0 spiro atoms. The number of aryl methyl sites for hydroxylation is 1. The van der Waals surface area contributed by atoms with E-state index in [0.29, 0.717) is 5.69 Å². The van der Waals surface area contributed by atoms with Crippen LogP contribution in [0.15, 0.2) is 41.5 Å². The Bertz CT molecular complexity index is 908. The van der Waals surface area contributed by atoms with E-state index in [1.807, 2.05) is 12.3 Å². The highest BCUT2D eigenvalue weighted by atomic mass is 16.6. The van der Waals surface area contributed by atoms with Crippen molar-refractivity contribution >= 4 is 29.4 Å². The van der Waals surface area contributed by atoms with Gasteiger partial charge in [-0.1, -0.05) is 17.7 Å². The molecule has 2 aromatic carbocycles. The number of methoxy groups -OCH3 is 1. The van der Waals surface area contributed by atoms with Gasteiger partial charge < -0.3 is 15.2 Å². The summed E-state index contributed by atoms with van der Waals surface area (Å²) in [7, 11) is 1.19. The zero-order valence-electron chi connectivity index (χ0n) is 14.4. The summed E-state index contributed by atoms with van der Waals surface area (Å²) in [4.78, 5) is 33.6. The van der Waals surface area contributed by atoms with Gasteiger partial charge in [-0.3, -0.25) is 19.7 Å². The first-order valence-corrected chi connectivity index (χ1v) is 7.56. The number of hydrogen-bond acceptors (Lipinski definition) is 7. The molecule has 0 aliphatic carbocycles. The fraction of sp³-hybridized carbons (Fsp3) is 0.118. The minimum atomic E-state index is -1.03. The van der Waals surface area contributed by atoms with Crippen molar-refractivity contribution in [2.45, 2.75) is 6.92 Å². The lowest BCUT2D eigenvalue weighted by Crippen LogP contribution is -2.32. The van der Waals surface area contributed by atoms with E-state index in [0.717, 1.165) is 17.8 Å². The normalized spacial score (nSPS) is 10.4. The lowest BCUT2D eigenvalue weighted by atomic mass is 10.2. The number of amides is 2. The number of rotatable bonds is 5. The van der Waals surface area contributed by atoms with Gasteiger partial charge >= 0.3 is 11.8 Å². The lowest BCUT2D eigenvalue weighted by Gasteiger charge is -2.12. The molecule has 140 valence electrons. The molecule has 10 heteroatoms. The van der Waals surface area contributed by atoms with Crippen LogP contribution in [0.3, 0.4) is 0 Å². The Labute approximate surface area is 153 Å². The molecule has 0 heterocycles. The minimum absolute atomic E-state index is 0.136. The van der Waals surface area contributed by atoms with Gasteiger partial charge in [0, 0.05) is 23.1 Å². The van der Waals surface area contributed by atoms with Crippen molar-refractivity contribution in [3.63, 3.8) is 0 Å². The van der Waals surface area contributed by atoms with Crippen LogP contribution < -0.4 is 20.6 Å². The van der Waals surface area contributed by atoms with Crippen molar-refractivity contribution in [2.75, 3.05) is 12.4 Å². The molecule has 0 aromatic heterocycles. The molecule has 10 nitrogen and oxygen atoms in total. The van der Waals surface area contributed by atoms with E-state index < -0.39 is 28.2 Å². The summed E-state index contributed by atoms with van der Waals surface area (Å²) < 4.78 is 4.79. The van der Waals surface area contributed by atoms with Crippen molar-refractivity contribution in [3.05, 3.63) is 57.6 Å². The Morgan fingerprint density at radius 3 is 2.44 bits per heavy atom. The number of anilines is 1. The molecule has 0 aliphatic heterocycles. The van der Waals surface area contributed by atoms with Crippen LogP contribution in [0.1, 0.15) is 11.1 Å². The molecule has 0 bridgehead atoms. The first-order chi connectivity index (χ1) is 12.8. The number of nitrogens with zero attached hydrogens (tertiary/aromatic N) is 2. The monoisotopic (exact) mass is 371 g/mol. The van der Waals surface area contributed by atoms with Crippen molar-refractivity contribution in [3.8, 4) is 11.5 Å². The predicted molar refractivity (Wildman–Crippen MR) is 94.6 cm³/mol. The molecule has 2 aromatic rings. The maximum atomic E-state index is 11.8. The summed E-state index contributed by atoms with van der Waals surface area (Å²) in [6.45, 7) is 1.88. The van der Waals surface area contributed by atoms with Gasteiger partial charge in [0.05, 0.1) is 18.2 Å². The number of benzene rings is 2. The number of carbonyl (C=O) groups excluding carboxylic acids is 2. The molecular weight excluding hydrogens is 356 g/mol. The molecule has 0 unspecified atom stereocenters. The van der Waals surface area contributed by atoms with Crippen LogP contribution in [-0.4, -0.2) is 30.1 Å². The second-order valence-corrected chi connectivity index (χ2v) is 5.35. The summed E-state index contributed by atoms with van der Waals surface area (Å²) in [5, 5.41) is 28.6. The van der Waals surface area contributed by atoms with Gasteiger partial charge in [-0.25, -0.2) is 5.43 Å². The highest BCUT2D eigenvalue weighted by Crippen LogP contribution is 2.33. The van der Waals surface area contributed by atoms with Gasteiger partial charge in [-0.05, 0) is 25.1 Å². The number of nitrogens with one attached hydrogen (secondary N) is 2. The van der Waals surface area contributed by atoms with Gasteiger partial charge in [-0.2, -0.15) is 5.10 Å². The molecule has 2 rings (SSSR count). The molecular formula is C17H15N4O6-. The SMILES string of the molecule is COc1cc(/C=N\NC(=O)C(=O)Nc2ccc(C)cc2)cc([N+](=O)[O-])c1[O-]. The van der Waals surface area contributed by atoms with E-state index in [9.17, 15) is 24.8 Å². The van der Waals surface area contributed by atoms with E-state index in [1.54, 1.807) is 24.3 Å². The smallest absolute Gasteiger partial charge is 0.329 e. The fourth-order valence-corrected chi connectivity index (χ4v) is 2.01. The van der Waals surface area contributed by atoms with E-state index in [4.69, 9.17) is 4.74 Å². The second kappa shape index (κ2) is 8.43. The number of nitro groups is 1. The zero-order chi connectivity index (χ0) is 20.0. The Morgan fingerprint density at radius 1 is 1.19 bits per heavy atom. The summed E-state index contributed by atoms with van der Waals surface area (Å²) in [5.74, 6) is -3.08. The van der Waals surface area contributed by atoms with Gasteiger partial charge in [0.15, 0.2) is 0 Å². The van der Waals surface area contributed by atoms with Crippen LogP contribution in [-0.2, 0) is 9.59 Å². The van der Waals surface area contributed by atoms with Crippen LogP contribution in [0.2, 0.25) is 0 Å². The third-order valence-electron chi connectivity index (χ3n) is 3.37. The molecule has 0 saturated carbocycles. The largest absolute Gasteiger partial charge is 0.865 e. The Kier molecular flexibility index (Phi) is 6.05. The van der Waals surface area contributed by atoms with Gasteiger partial charge in [-0.15, -0.1) is 0 Å². The standard InChI is InChI=1S/C17H16N4O6/c1-10-3-5-12(6-4-10)19-16(23)17(24)20-18-9-11-7-13(21(25)26)15(22)14(8-11)27-2/h3-9,22H,1-2H3,(H,19,23)(H,20,24)/p-1/b18-9-. The highest BCUT2D eigenvalue weighted by molar-refractivity contribution is 6.39. The van der Waals surface area contributed by atoms with E-state index in [2.05, 4.69) is 10.4 Å². The van der Waals surface area contributed by atoms with Crippen molar-refractivity contribution in [1.82, 2.24) is 5.43 Å². The van der Waals surface area contributed by atoms with Gasteiger partial charge in [0.25, 0.3) is 5.69 Å². The van der Waals surface area contributed by atoms with Crippen LogP contribution in [0, 0.1) is 17.0 Å². The van der Waals surface area contributed by atoms with Crippen molar-refractivity contribution in [2.24, 2.45) is 5.10 Å². The van der Waals surface area contributed by atoms with E-state index >= 15 is 0 Å². The van der Waals surface area contributed by atoms with Crippen LogP contribution >= 0.6 is 0 Å². The number of hydrogen-bond donors (Lipinski definition) is 2. The average molecular weight is 371 g/mol. The number of carbonyl (C=O) groups is 2. The summed E-state index contributed by atoms with van der Waals surface area (Å²) in [6.07, 6.45) is 1.05. The first kappa shape index (κ1) is 19.4. The molecule has 0 atom stereocenters. The van der Waals surface area contributed by atoms with E-state index in [-0.39, 0.29) is 11.3 Å². The molecule has 2 N–H and O–H groups in total. The molecule has 2 amide bonds. The lowest BCUT2D eigenvalue weighted by molar-refractivity contribution is -0.398. The quantitative estimate of drug-likeness (QED) is 0.348. The predicted octanol–water partition coefficient (Wildman–Crippen LogP) is 1.07. The molecule has 0 fully saturated rings. The number of nitro benzene ring substituents is 1. The number of hydrazone groups is 1. The van der Waals surface area contributed by atoms with Crippen molar-refractivity contribution < 1.29 is 24.4 Å². The average Bonchev–Trinajstić information content (AvgIpc) is 2.64. The Morgan fingerprint density at radius 2 is 1.85 bits per heavy atom. The third-order valence-corrected chi connectivity index (χ3v) is 3.37. The number of ether oxygens (including phenoxy) is 1. The third kappa shape index (κ3) is 5.01. The zero-order valence-corrected chi connectivity index (χ0v) is 14.4. The molecule has 0 aliphatic rings. The van der Waals surface area contributed by atoms with Gasteiger partial charge in [0.2, 0.25) is 0 Å². The molecule has 0 radical (unpaired) electrons. The Balaban J connectivity index is 2.04. The van der Waals surface area contributed by atoms with Crippen LogP contribution in [0.4, 0.5) is 11.4 Å². The van der Waals surface area contributed by atoms with Crippen molar-refractivity contribution in [1.29, 1.82) is 0 Å². The van der Waals surface area contributed by atoms with Gasteiger partial charge in [0.1, 0.15) is 5.75 Å². The summed E-state index contributed by atoms with van der Waals surface area (Å²) in [6, 6.07) is 9.01. The minimum Gasteiger partial charge on any atom is -0.865 e. The Hall–Kier alpha value is -3.95. The molecule has 27 heavy (non-hydrogen) atoms. The topological polar surface area (TPSA) is 146 Å². The maximum absolute atomic E-state index is 11.8. The summed E-state index contributed by atoms with van der Waals surface area (Å²) >= 11 is 0. The van der Waals surface area contributed by atoms with Crippen LogP contribution in [0.5, 0.6) is 11.5 Å². The van der Waals surface area contributed by atoms with Crippen LogP contribution in [0.25, 0.3) is 0 Å². The summed E-state index contributed by atoms with van der Waals surface area (Å²) in [5.41, 5.74) is 2.87. The maximum Gasteiger partial charge on any atom is 0.329 e. The molecule has 0 saturated heterocycles. The van der Waals surface area contributed by atoms with E-state index in [1.165, 1.54) is 13.2 Å². The highest BCUT2D eigenvalue weighted by Gasteiger charge is 2.14. The second-order valence-electron chi connectivity index (χ2n) is 5.35. The fourth-order valence-electron chi connectivity index (χ4n) is 2.01.